The van der Waals surface area contributed by atoms with Crippen LogP contribution in [0.2, 0.25) is 0 Å². The molecular weight excluding hydrogens is 158 g/mol. The van der Waals surface area contributed by atoms with Crippen molar-refractivity contribution in [3.05, 3.63) is 11.8 Å². The van der Waals surface area contributed by atoms with Gasteiger partial charge in [-0.25, -0.2) is 4.99 Å². The van der Waals surface area contributed by atoms with Crippen LogP contribution in [0.15, 0.2) is 21.8 Å². The zero-order valence-electron chi connectivity index (χ0n) is 6.07. The predicted octanol–water partition coefficient (Wildman–Crippen LogP) is -0.948. The number of allylic oxidation sites excluding steroid dienone is 1. The van der Waals surface area contributed by atoms with Crippen LogP contribution in [0.25, 0.3) is 0 Å². The molecule has 2 aliphatic heterocycles. The van der Waals surface area contributed by atoms with Gasteiger partial charge in [-0.05, 0) is 0 Å². The van der Waals surface area contributed by atoms with E-state index in [4.69, 9.17) is 0 Å². The van der Waals surface area contributed by atoms with Gasteiger partial charge in [-0.3, -0.25) is 14.6 Å². The van der Waals surface area contributed by atoms with Crippen LogP contribution in [0.1, 0.15) is 0 Å². The molecule has 12 heavy (non-hydrogen) atoms. The van der Waals surface area contributed by atoms with E-state index in [1.807, 2.05) is 0 Å². The summed E-state index contributed by atoms with van der Waals surface area (Å²) in [6.45, 7) is 0.221. The molecule has 0 radical (unpaired) electrons. The summed E-state index contributed by atoms with van der Waals surface area (Å²) in [6, 6.07) is 0. The molecule has 0 unspecified atom stereocenters. The van der Waals surface area contributed by atoms with E-state index in [0.717, 1.165) is 0 Å². The van der Waals surface area contributed by atoms with Crippen LogP contribution >= 0.6 is 0 Å². The molecule has 0 saturated heterocycles. The Hall–Kier alpha value is -1.78. The van der Waals surface area contributed by atoms with Gasteiger partial charge in [-0.2, -0.15) is 0 Å². The first kappa shape index (κ1) is 6.90. The molecule has 0 aromatic carbocycles. The van der Waals surface area contributed by atoms with Crippen molar-refractivity contribution < 1.29 is 9.59 Å². The minimum Gasteiger partial charge on any atom is -0.331 e. The Morgan fingerprint density at radius 3 is 3.08 bits per heavy atom. The largest absolute Gasteiger partial charge is 0.331 e. The van der Waals surface area contributed by atoms with Crippen molar-refractivity contribution >= 4 is 23.6 Å². The molecule has 2 heterocycles. The number of hydrogen-bond acceptors (Lipinski definition) is 4. The van der Waals surface area contributed by atoms with Gasteiger partial charge >= 0.3 is 0 Å². The highest BCUT2D eigenvalue weighted by Crippen LogP contribution is 2.09. The lowest BCUT2D eigenvalue weighted by molar-refractivity contribution is -0.114. The smallest absolute Gasteiger partial charge is 0.273 e. The molecule has 60 valence electrons. The summed E-state index contributed by atoms with van der Waals surface area (Å²) in [5.41, 5.74) is 1.02. The highest BCUT2D eigenvalue weighted by molar-refractivity contribution is 6.73. The van der Waals surface area contributed by atoms with Crippen LogP contribution in [0, 0.1) is 0 Å². The van der Waals surface area contributed by atoms with Gasteiger partial charge in [-0.1, -0.05) is 0 Å². The summed E-state index contributed by atoms with van der Waals surface area (Å²) < 4.78 is 0. The van der Waals surface area contributed by atoms with Gasteiger partial charge in [0.2, 0.25) is 0 Å². The van der Waals surface area contributed by atoms with Crippen molar-refractivity contribution in [2.45, 2.75) is 0 Å². The first-order chi connectivity index (χ1) is 5.83. The summed E-state index contributed by atoms with van der Waals surface area (Å²) in [5.74, 6) is -0.270. The van der Waals surface area contributed by atoms with Gasteiger partial charge in [0.25, 0.3) is 5.91 Å². The van der Waals surface area contributed by atoms with Crippen LogP contribution < -0.4 is 5.32 Å². The number of aldehydes is 1. The van der Waals surface area contributed by atoms with E-state index >= 15 is 0 Å². The molecular formula is C7H5N3O2. The first-order valence-corrected chi connectivity index (χ1v) is 3.39. The first-order valence-electron chi connectivity index (χ1n) is 3.39. The van der Waals surface area contributed by atoms with Crippen molar-refractivity contribution in [2.75, 3.05) is 6.67 Å². The highest BCUT2D eigenvalue weighted by atomic mass is 16.2. The minimum atomic E-state index is -0.270. The summed E-state index contributed by atoms with van der Waals surface area (Å²) in [7, 11) is 0. The molecule has 0 aromatic rings. The molecule has 1 N–H and O–H groups in total. The normalized spacial score (nSPS) is 20.3. The molecule has 2 rings (SSSR count). The van der Waals surface area contributed by atoms with Crippen molar-refractivity contribution in [3.8, 4) is 0 Å². The lowest BCUT2D eigenvalue weighted by atomic mass is 10.1. The van der Waals surface area contributed by atoms with E-state index in [0.29, 0.717) is 17.6 Å². The maximum atomic E-state index is 11.1. The van der Waals surface area contributed by atoms with Crippen molar-refractivity contribution in [2.24, 2.45) is 9.98 Å². The van der Waals surface area contributed by atoms with Crippen molar-refractivity contribution in [1.82, 2.24) is 5.32 Å². The van der Waals surface area contributed by atoms with Gasteiger partial charge in [0.05, 0.1) is 5.57 Å². The number of nitrogens with zero attached hydrogens (tertiary/aromatic N) is 2. The van der Waals surface area contributed by atoms with Crippen LogP contribution in [-0.2, 0) is 9.59 Å². The second kappa shape index (κ2) is 2.37. The third-order valence-electron chi connectivity index (χ3n) is 1.65. The maximum Gasteiger partial charge on any atom is 0.273 e. The van der Waals surface area contributed by atoms with Gasteiger partial charge in [0.1, 0.15) is 12.4 Å². The molecule has 0 fully saturated rings. The van der Waals surface area contributed by atoms with E-state index in [-0.39, 0.29) is 18.3 Å². The van der Waals surface area contributed by atoms with Crippen LogP contribution in [0.5, 0.6) is 0 Å². The Morgan fingerprint density at radius 2 is 2.33 bits per heavy atom. The SMILES string of the molecule is O=CC1=CN=C2C(=O)NCN=C12. The van der Waals surface area contributed by atoms with Gasteiger partial charge < -0.3 is 5.32 Å². The predicted molar refractivity (Wildman–Crippen MR) is 42.0 cm³/mol. The minimum absolute atomic E-state index is 0.221. The standard InChI is InChI=1S/C7H5N3O2/c11-2-4-1-8-6-5(4)9-3-10-7(6)12/h1-2H,3H2,(H,10,12). The number of carbonyl (C=O) groups is 2. The number of nitrogens with one attached hydrogen (secondary N) is 1. The lowest BCUT2D eigenvalue weighted by Gasteiger charge is -2.10. The number of aliphatic imine (C=N–C) groups is 2. The van der Waals surface area contributed by atoms with Crippen LogP contribution in [0.3, 0.4) is 0 Å². The average molecular weight is 163 g/mol. The third kappa shape index (κ3) is 0.795. The van der Waals surface area contributed by atoms with E-state index in [2.05, 4.69) is 15.3 Å². The molecule has 0 saturated carbocycles. The fraction of sp³-hybridized carbons (Fsp3) is 0.143. The number of carbonyl (C=O) groups excluding carboxylic acids is 2. The zero-order chi connectivity index (χ0) is 8.55. The third-order valence-corrected chi connectivity index (χ3v) is 1.65. The van der Waals surface area contributed by atoms with E-state index in [1.165, 1.54) is 6.20 Å². The van der Waals surface area contributed by atoms with Crippen molar-refractivity contribution in [1.29, 1.82) is 0 Å². The zero-order valence-corrected chi connectivity index (χ0v) is 6.07. The molecule has 0 aliphatic carbocycles. The van der Waals surface area contributed by atoms with Crippen LogP contribution in [0.4, 0.5) is 0 Å². The Balaban J connectivity index is 2.44. The summed E-state index contributed by atoms with van der Waals surface area (Å²) >= 11 is 0. The van der Waals surface area contributed by atoms with Crippen LogP contribution in [-0.4, -0.2) is 30.3 Å². The molecule has 5 nitrogen and oxygen atoms in total. The summed E-state index contributed by atoms with van der Waals surface area (Å²) in [5, 5.41) is 2.49. The Kier molecular flexibility index (Phi) is 1.36. The number of hydrogen-bond donors (Lipinski definition) is 1. The molecule has 1 amide bonds. The van der Waals surface area contributed by atoms with E-state index < -0.39 is 0 Å². The topological polar surface area (TPSA) is 70.9 Å². The van der Waals surface area contributed by atoms with Crippen molar-refractivity contribution in [3.63, 3.8) is 0 Å². The molecule has 0 aromatic heterocycles. The van der Waals surface area contributed by atoms with E-state index in [9.17, 15) is 9.59 Å². The lowest BCUT2D eigenvalue weighted by Crippen LogP contribution is -2.40. The maximum absolute atomic E-state index is 11.1. The van der Waals surface area contributed by atoms with E-state index in [1.54, 1.807) is 0 Å². The average Bonchev–Trinajstić information content (AvgIpc) is 2.49. The summed E-state index contributed by atoms with van der Waals surface area (Å²) in [4.78, 5) is 29.2. The number of rotatable bonds is 1. The molecule has 2 aliphatic rings. The Morgan fingerprint density at radius 1 is 1.50 bits per heavy atom. The quantitative estimate of drug-likeness (QED) is 0.506. The monoisotopic (exact) mass is 163 g/mol. The molecule has 0 spiro atoms. The summed E-state index contributed by atoms with van der Waals surface area (Å²) in [6.07, 6.45) is 2.00. The Bertz CT molecular complexity index is 352. The second-order valence-corrected chi connectivity index (χ2v) is 2.35. The Labute approximate surface area is 67.9 Å². The fourth-order valence-corrected chi connectivity index (χ4v) is 1.09. The van der Waals surface area contributed by atoms with Gasteiger partial charge in [0.15, 0.2) is 12.0 Å². The van der Waals surface area contributed by atoms with Gasteiger partial charge in [-0.15, -0.1) is 0 Å². The fourth-order valence-electron chi connectivity index (χ4n) is 1.09. The highest BCUT2D eigenvalue weighted by Gasteiger charge is 2.27. The number of amides is 1. The second-order valence-electron chi connectivity index (χ2n) is 2.35. The molecule has 5 heteroatoms. The number of fused-ring (bicyclic) bond motifs is 1. The van der Waals surface area contributed by atoms with Gasteiger partial charge in [0, 0.05) is 6.20 Å². The molecule has 0 bridgehead atoms. The molecule has 0 atom stereocenters.